The van der Waals surface area contributed by atoms with Gasteiger partial charge in [-0.15, -0.1) is 0 Å². The van der Waals surface area contributed by atoms with Gasteiger partial charge in [0.15, 0.2) is 0 Å². The van der Waals surface area contributed by atoms with Gasteiger partial charge in [-0.25, -0.2) is 4.98 Å². The molecule has 3 nitrogen and oxygen atoms in total. The lowest BCUT2D eigenvalue weighted by atomic mass is 10.5. The number of aromatic nitrogens is 1. The molecule has 52 valence electrons. The first-order valence-electron chi connectivity index (χ1n) is 2.65. The van der Waals surface area contributed by atoms with Crippen molar-refractivity contribution >= 4 is 28.2 Å². The Morgan fingerprint density at radius 3 is 3.10 bits per heavy atom. The summed E-state index contributed by atoms with van der Waals surface area (Å²) in [5.74, 6) is 0.539. The van der Waals surface area contributed by atoms with Gasteiger partial charge in [0.05, 0.1) is 4.47 Å². The topological polar surface area (TPSA) is 42.0 Å². The maximum Gasteiger partial charge on any atom is 0.212 e. The van der Waals surface area contributed by atoms with Gasteiger partial charge in [0, 0.05) is 6.20 Å². The van der Waals surface area contributed by atoms with Crippen LogP contribution in [-0.4, -0.2) is 11.4 Å². The summed E-state index contributed by atoms with van der Waals surface area (Å²) in [6.45, 7) is 0. The van der Waals surface area contributed by atoms with Crippen LogP contribution in [0.15, 0.2) is 22.8 Å². The molecule has 1 amide bonds. The van der Waals surface area contributed by atoms with E-state index in [0.29, 0.717) is 12.2 Å². The quantitative estimate of drug-likeness (QED) is 0.735. The van der Waals surface area contributed by atoms with E-state index in [2.05, 4.69) is 26.2 Å². The Morgan fingerprint density at radius 1 is 1.70 bits per heavy atom. The van der Waals surface area contributed by atoms with E-state index in [4.69, 9.17) is 0 Å². The number of hydrogen-bond donors (Lipinski definition) is 1. The summed E-state index contributed by atoms with van der Waals surface area (Å²) in [4.78, 5) is 13.8. The zero-order chi connectivity index (χ0) is 7.40. The van der Waals surface area contributed by atoms with Crippen molar-refractivity contribution in [3.8, 4) is 0 Å². The number of nitrogens with one attached hydrogen (secondary N) is 1. The minimum absolute atomic E-state index is 0.539. The van der Waals surface area contributed by atoms with E-state index in [1.54, 1.807) is 18.3 Å². The maximum absolute atomic E-state index is 9.95. The first-order chi connectivity index (χ1) is 4.84. The fourth-order valence-electron chi connectivity index (χ4n) is 0.548. The van der Waals surface area contributed by atoms with Gasteiger partial charge >= 0.3 is 0 Å². The zero-order valence-corrected chi connectivity index (χ0v) is 6.63. The van der Waals surface area contributed by atoms with Crippen molar-refractivity contribution in [1.29, 1.82) is 0 Å². The standard InChI is InChI=1S/C6H5BrN2O/c7-5-2-1-3-8-6(5)9-4-10/h1-4H,(H,8,9,10). The van der Waals surface area contributed by atoms with Gasteiger partial charge in [-0.2, -0.15) is 0 Å². The highest BCUT2D eigenvalue weighted by atomic mass is 79.9. The summed E-state index contributed by atoms with van der Waals surface area (Å²) < 4.78 is 0.780. The molecule has 4 heteroatoms. The van der Waals surface area contributed by atoms with Gasteiger partial charge in [0.2, 0.25) is 6.41 Å². The minimum atomic E-state index is 0.539. The number of carbonyl (C=O) groups excluding carboxylic acids is 1. The number of amides is 1. The minimum Gasteiger partial charge on any atom is -0.312 e. The highest BCUT2D eigenvalue weighted by Crippen LogP contribution is 2.16. The number of anilines is 1. The van der Waals surface area contributed by atoms with Crippen LogP contribution < -0.4 is 5.32 Å². The van der Waals surface area contributed by atoms with Crippen LogP contribution in [-0.2, 0) is 4.79 Å². The molecule has 1 rings (SSSR count). The van der Waals surface area contributed by atoms with E-state index in [1.165, 1.54) is 0 Å². The Labute approximate surface area is 66.6 Å². The third-order valence-electron chi connectivity index (χ3n) is 0.954. The third-order valence-corrected chi connectivity index (χ3v) is 1.59. The maximum atomic E-state index is 9.95. The van der Waals surface area contributed by atoms with Crippen LogP contribution in [0.2, 0.25) is 0 Å². The fraction of sp³-hybridized carbons (Fsp3) is 0. The summed E-state index contributed by atoms with van der Waals surface area (Å²) in [6.07, 6.45) is 2.20. The van der Waals surface area contributed by atoms with E-state index >= 15 is 0 Å². The summed E-state index contributed by atoms with van der Waals surface area (Å²) in [5, 5.41) is 2.44. The van der Waals surface area contributed by atoms with Gasteiger partial charge in [-0.05, 0) is 28.1 Å². The molecule has 0 bridgehead atoms. The van der Waals surface area contributed by atoms with Crippen LogP contribution in [0, 0.1) is 0 Å². The molecule has 0 unspecified atom stereocenters. The van der Waals surface area contributed by atoms with Crippen LogP contribution in [0.4, 0.5) is 5.82 Å². The molecule has 1 aromatic heterocycles. The molecule has 0 atom stereocenters. The van der Waals surface area contributed by atoms with Crippen molar-refractivity contribution in [3.05, 3.63) is 22.8 Å². The van der Waals surface area contributed by atoms with E-state index in [9.17, 15) is 4.79 Å². The molecule has 0 fully saturated rings. The predicted octanol–water partition coefficient (Wildman–Crippen LogP) is 1.41. The van der Waals surface area contributed by atoms with E-state index in [-0.39, 0.29) is 0 Å². The number of rotatable bonds is 2. The summed E-state index contributed by atoms with van der Waals surface area (Å²) in [6, 6.07) is 3.58. The van der Waals surface area contributed by atoms with Gasteiger partial charge in [-0.1, -0.05) is 0 Å². The van der Waals surface area contributed by atoms with Gasteiger partial charge in [0.1, 0.15) is 5.82 Å². The van der Waals surface area contributed by atoms with Crippen LogP contribution in [0.1, 0.15) is 0 Å². The summed E-state index contributed by atoms with van der Waals surface area (Å²) in [5.41, 5.74) is 0. The average Bonchev–Trinajstić information content (AvgIpc) is 1.94. The number of carbonyl (C=O) groups is 1. The Bertz CT molecular complexity index is 239. The lowest BCUT2D eigenvalue weighted by Crippen LogP contribution is -1.96. The lowest BCUT2D eigenvalue weighted by Gasteiger charge is -1.97. The molecule has 0 aliphatic rings. The van der Waals surface area contributed by atoms with E-state index < -0.39 is 0 Å². The van der Waals surface area contributed by atoms with Crippen molar-refractivity contribution in [3.63, 3.8) is 0 Å². The fourth-order valence-corrected chi connectivity index (χ4v) is 0.917. The monoisotopic (exact) mass is 200 g/mol. The Balaban J connectivity index is 2.91. The van der Waals surface area contributed by atoms with E-state index in [0.717, 1.165) is 4.47 Å². The molecule has 1 aromatic rings. The van der Waals surface area contributed by atoms with Gasteiger partial charge in [0.25, 0.3) is 0 Å². The SMILES string of the molecule is O=CNc1ncccc1Br. The first kappa shape index (κ1) is 7.21. The second-order valence-corrected chi connectivity index (χ2v) is 2.45. The van der Waals surface area contributed by atoms with Crippen molar-refractivity contribution < 1.29 is 4.79 Å². The molecule has 0 aromatic carbocycles. The van der Waals surface area contributed by atoms with Crippen molar-refractivity contribution in [2.45, 2.75) is 0 Å². The number of nitrogens with zero attached hydrogens (tertiary/aromatic N) is 1. The molecule has 0 saturated carbocycles. The first-order valence-corrected chi connectivity index (χ1v) is 3.44. The second kappa shape index (κ2) is 3.31. The van der Waals surface area contributed by atoms with Gasteiger partial charge in [-0.3, -0.25) is 4.79 Å². The third kappa shape index (κ3) is 1.54. The molecule has 1 N–H and O–H groups in total. The van der Waals surface area contributed by atoms with Gasteiger partial charge < -0.3 is 5.32 Å². The summed E-state index contributed by atoms with van der Waals surface area (Å²) >= 11 is 3.21. The zero-order valence-electron chi connectivity index (χ0n) is 5.04. The van der Waals surface area contributed by atoms with E-state index in [1.807, 2.05) is 0 Å². The molecule has 0 radical (unpaired) electrons. The molecule has 0 aliphatic carbocycles. The highest BCUT2D eigenvalue weighted by molar-refractivity contribution is 9.10. The predicted molar refractivity (Wildman–Crippen MR) is 41.6 cm³/mol. The Hall–Kier alpha value is -0.900. The second-order valence-electron chi connectivity index (χ2n) is 1.60. The molecular weight excluding hydrogens is 196 g/mol. The Morgan fingerprint density at radius 2 is 2.50 bits per heavy atom. The average molecular weight is 201 g/mol. The normalized spacial score (nSPS) is 8.90. The molecular formula is C6H5BrN2O. The van der Waals surface area contributed by atoms with Crippen LogP contribution in [0.25, 0.3) is 0 Å². The van der Waals surface area contributed by atoms with Crippen molar-refractivity contribution in [1.82, 2.24) is 4.98 Å². The molecule has 0 spiro atoms. The van der Waals surface area contributed by atoms with Crippen LogP contribution in [0.3, 0.4) is 0 Å². The van der Waals surface area contributed by atoms with Crippen LogP contribution in [0.5, 0.6) is 0 Å². The molecule has 0 saturated heterocycles. The van der Waals surface area contributed by atoms with Crippen molar-refractivity contribution in [2.24, 2.45) is 0 Å². The molecule has 1 heterocycles. The van der Waals surface area contributed by atoms with Crippen molar-refractivity contribution in [2.75, 3.05) is 5.32 Å². The number of halogens is 1. The molecule has 0 aliphatic heterocycles. The smallest absolute Gasteiger partial charge is 0.212 e. The highest BCUT2D eigenvalue weighted by Gasteiger charge is 1.94. The lowest BCUT2D eigenvalue weighted by molar-refractivity contribution is -0.105. The summed E-state index contributed by atoms with van der Waals surface area (Å²) in [7, 11) is 0. The molecule has 10 heavy (non-hydrogen) atoms. The largest absolute Gasteiger partial charge is 0.312 e. The Kier molecular flexibility index (Phi) is 2.39. The van der Waals surface area contributed by atoms with Crippen LogP contribution >= 0.6 is 15.9 Å². The number of hydrogen-bond acceptors (Lipinski definition) is 2. The number of pyridine rings is 1.